The number of aromatic nitrogens is 3. The van der Waals surface area contributed by atoms with Crippen LogP contribution in [0.15, 0.2) is 41.5 Å². The van der Waals surface area contributed by atoms with Gasteiger partial charge in [0.15, 0.2) is 5.65 Å². The molecule has 1 aliphatic rings. The number of nitrogens with two attached hydrogens (primary N) is 1. The number of nitrogen functional groups attached to an aromatic ring is 1. The number of pyridine rings is 1. The molecule has 0 saturated heterocycles. The molecular weight excluding hydrogens is 304 g/mol. The number of ether oxygens (including phenoxy) is 1. The fourth-order valence-corrected chi connectivity index (χ4v) is 3.26. The fraction of sp³-hybridized carbons (Fsp3) is 0.278. The van der Waals surface area contributed by atoms with Gasteiger partial charge in [0.1, 0.15) is 12.1 Å². The summed E-state index contributed by atoms with van der Waals surface area (Å²) in [6.45, 7) is 4.27. The second-order valence-corrected chi connectivity index (χ2v) is 6.62. The first-order valence-electron chi connectivity index (χ1n) is 7.84. The van der Waals surface area contributed by atoms with E-state index in [9.17, 15) is 4.79 Å². The van der Waals surface area contributed by atoms with Crippen LogP contribution in [0, 0.1) is 0 Å². The number of rotatable bonds is 1. The lowest BCUT2D eigenvalue weighted by Gasteiger charge is -2.32. The summed E-state index contributed by atoms with van der Waals surface area (Å²) < 4.78 is 7.45. The molecule has 24 heavy (non-hydrogen) atoms. The molecule has 0 aliphatic carbocycles. The van der Waals surface area contributed by atoms with Crippen molar-refractivity contribution in [3.8, 4) is 5.69 Å². The maximum atomic E-state index is 13.1. The molecule has 2 N–H and O–H groups in total. The van der Waals surface area contributed by atoms with Gasteiger partial charge in [-0.1, -0.05) is 18.2 Å². The maximum absolute atomic E-state index is 13.1. The molecule has 1 aromatic carbocycles. The van der Waals surface area contributed by atoms with Crippen LogP contribution in [0.3, 0.4) is 0 Å². The fourth-order valence-electron chi connectivity index (χ4n) is 3.26. The van der Waals surface area contributed by atoms with Crippen molar-refractivity contribution >= 4 is 16.9 Å². The summed E-state index contributed by atoms with van der Waals surface area (Å²) in [6, 6.07) is 9.43. The van der Waals surface area contributed by atoms with E-state index in [4.69, 9.17) is 10.5 Å². The number of hydrogen-bond donors (Lipinski definition) is 1. The smallest absolute Gasteiger partial charge is 0.262 e. The third-order valence-electron chi connectivity index (χ3n) is 4.42. The van der Waals surface area contributed by atoms with Crippen LogP contribution in [-0.4, -0.2) is 20.1 Å². The van der Waals surface area contributed by atoms with Crippen LogP contribution in [0.25, 0.3) is 16.7 Å². The highest BCUT2D eigenvalue weighted by Gasteiger charge is 2.31. The summed E-state index contributed by atoms with van der Waals surface area (Å²) in [5.74, 6) is 0.388. The van der Waals surface area contributed by atoms with Crippen molar-refractivity contribution in [1.82, 2.24) is 14.5 Å². The van der Waals surface area contributed by atoms with Crippen molar-refractivity contribution in [1.29, 1.82) is 0 Å². The van der Waals surface area contributed by atoms with Crippen LogP contribution < -0.4 is 11.3 Å². The van der Waals surface area contributed by atoms with E-state index in [2.05, 4.69) is 9.97 Å². The molecule has 1 aliphatic heterocycles. The van der Waals surface area contributed by atoms with E-state index >= 15 is 0 Å². The van der Waals surface area contributed by atoms with Crippen molar-refractivity contribution in [2.24, 2.45) is 0 Å². The van der Waals surface area contributed by atoms with E-state index in [1.807, 2.05) is 44.2 Å². The zero-order valence-corrected chi connectivity index (χ0v) is 13.6. The molecule has 6 heteroatoms. The van der Waals surface area contributed by atoms with Gasteiger partial charge in [0.25, 0.3) is 5.56 Å². The van der Waals surface area contributed by atoms with Crippen molar-refractivity contribution in [3.63, 3.8) is 0 Å². The Hall–Kier alpha value is -2.73. The highest BCUT2D eigenvalue weighted by atomic mass is 16.5. The Morgan fingerprint density at radius 1 is 1.17 bits per heavy atom. The highest BCUT2D eigenvalue weighted by Crippen LogP contribution is 2.33. The molecule has 0 bridgehead atoms. The Kier molecular flexibility index (Phi) is 3.18. The van der Waals surface area contributed by atoms with Crippen molar-refractivity contribution in [3.05, 3.63) is 58.1 Å². The first-order chi connectivity index (χ1) is 11.5. The predicted octanol–water partition coefficient (Wildman–Crippen LogP) is 2.21. The molecule has 4 rings (SSSR count). The van der Waals surface area contributed by atoms with E-state index in [1.54, 1.807) is 4.57 Å². The molecule has 122 valence electrons. The third kappa shape index (κ3) is 2.18. The standard InChI is InChI=1S/C18H18N4O2/c1-18(2)8-12-13(9-24-18)17(23)22(11-6-4-3-5-7-11)16-14(12)15(19)20-10-21-16/h3-7,10H,8-9H2,1-2H3,(H2,19,20,21). The molecule has 0 radical (unpaired) electrons. The number of anilines is 1. The van der Waals surface area contributed by atoms with Crippen LogP contribution in [0.5, 0.6) is 0 Å². The van der Waals surface area contributed by atoms with Crippen LogP contribution in [0.2, 0.25) is 0 Å². The second-order valence-electron chi connectivity index (χ2n) is 6.62. The lowest BCUT2D eigenvalue weighted by Crippen LogP contribution is -2.37. The largest absolute Gasteiger partial charge is 0.383 e. The lowest BCUT2D eigenvalue weighted by atomic mass is 9.90. The zero-order valence-electron chi connectivity index (χ0n) is 13.6. The molecule has 6 nitrogen and oxygen atoms in total. The Bertz CT molecular complexity index is 993. The number of benzene rings is 1. The van der Waals surface area contributed by atoms with Gasteiger partial charge in [-0.25, -0.2) is 9.97 Å². The first-order valence-corrected chi connectivity index (χ1v) is 7.84. The second kappa shape index (κ2) is 5.14. The molecule has 0 fully saturated rings. The quantitative estimate of drug-likeness (QED) is 0.743. The zero-order chi connectivity index (χ0) is 16.9. The van der Waals surface area contributed by atoms with Gasteiger partial charge < -0.3 is 10.5 Å². The van der Waals surface area contributed by atoms with Gasteiger partial charge in [0.2, 0.25) is 0 Å². The molecule has 0 unspecified atom stereocenters. The minimum atomic E-state index is -0.354. The van der Waals surface area contributed by atoms with Gasteiger partial charge in [-0.3, -0.25) is 9.36 Å². The Morgan fingerprint density at radius 3 is 2.67 bits per heavy atom. The molecule has 3 heterocycles. The maximum Gasteiger partial charge on any atom is 0.262 e. The van der Waals surface area contributed by atoms with E-state index in [0.29, 0.717) is 23.4 Å². The first kappa shape index (κ1) is 14.8. The predicted molar refractivity (Wildman–Crippen MR) is 92.1 cm³/mol. The summed E-state index contributed by atoms with van der Waals surface area (Å²) in [5.41, 5.74) is 8.51. The van der Waals surface area contributed by atoms with Crippen molar-refractivity contribution in [2.45, 2.75) is 32.5 Å². The molecule has 0 amide bonds. The van der Waals surface area contributed by atoms with E-state index in [1.165, 1.54) is 6.33 Å². The van der Waals surface area contributed by atoms with Crippen molar-refractivity contribution < 1.29 is 4.74 Å². The summed E-state index contributed by atoms with van der Waals surface area (Å²) in [5, 5.41) is 0.743. The lowest BCUT2D eigenvalue weighted by molar-refractivity contribution is -0.0403. The normalized spacial score (nSPS) is 16.1. The Balaban J connectivity index is 2.15. The third-order valence-corrected chi connectivity index (χ3v) is 4.42. The SMILES string of the molecule is CC1(C)Cc2c(c(=O)n(-c3ccccc3)c3ncnc(N)c23)CO1. The number of nitrogens with zero attached hydrogens (tertiary/aromatic N) is 3. The topological polar surface area (TPSA) is 83.0 Å². The Morgan fingerprint density at radius 2 is 1.92 bits per heavy atom. The molecular formula is C18H18N4O2. The van der Waals surface area contributed by atoms with E-state index in [0.717, 1.165) is 16.6 Å². The number of hydrogen-bond acceptors (Lipinski definition) is 5. The molecule has 3 aromatic rings. The minimum absolute atomic E-state index is 0.114. The van der Waals surface area contributed by atoms with Gasteiger partial charge in [-0.2, -0.15) is 0 Å². The monoisotopic (exact) mass is 322 g/mol. The van der Waals surface area contributed by atoms with Gasteiger partial charge in [-0.15, -0.1) is 0 Å². The van der Waals surface area contributed by atoms with Crippen LogP contribution in [0.1, 0.15) is 25.0 Å². The summed E-state index contributed by atoms with van der Waals surface area (Å²) >= 11 is 0. The summed E-state index contributed by atoms with van der Waals surface area (Å²) in [4.78, 5) is 21.6. The summed E-state index contributed by atoms with van der Waals surface area (Å²) in [7, 11) is 0. The van der Waals surface area contributed by atoms with Crippen LogP contribution in [0.4, 0.5) is 5.82 Å². The molecule has 0 spiro atoms. The van der Waals surface area contributed by atoms with Crippen LogP contribution in [-0.2, 0) is 17.8 Å². The molecule has 0 atom stereocenters. The van der Waals surface area contributed by atoms with Crippen LogP contribution >= 0.6 is 0 Å². The minimum Gasteiger partial charge on any atom is -0.383 e. The van der Waals surface area contributed by atoms with Gasteiger partial charge >= 0.3 is 0 Å². The van der Waals surface area contributed by atoms with E-state index < -0.39 is 0 Å². The average molecular weight is 322 g/mol. The van der Waals surface area contributed by atoms with Gasteiger partial charge in [0, 0.05) is 12.0 Å². The number of fused-ring (bicyclic) bond motifs is 3. The van der Waals surface area contributed by atoms with Crippen molar-refractivity contribution in [2.75, 3.05) is 5.73 Å². The molecule has 0 saturated carbocycles. The summed E-state index contributed by atoms with van der Waals surface area (Å²) in [6.07, 6.45) is 1.99. The average Bonchev–Trinajstić information content (AvgIpc) is 2.55. The van der Waals surface area contributed by atoms with Gasteiger partial charge in [0.05, 0.1) is 23.3 Å². The molecule has 2 aromatic heterocycles. The van der Waals surface area contributed by atoms with Gasteiger partial charge in [-0.05, 0) is 31.5 Å². The van der Waals surface area contributed by atoms with E-state index in [-0.39, 0.29) is 17.8 Å². The number of para-hydroxylation sites is 1. The highest BCUT2D eigenvalue weighted by molar-refractivity contribution is 5.90. The Labute approximate surface area is 138 Å².